The first-order chi connectivity index (χ1) is 22.4. The third kappa shape index (κ3) is 16.0. The number of carboxylic acids is 2. The maximum atomic E-state index is 12.8. The van der Waals surface area contributed by atoms with Crippen LogP contribution >= 0.6 is 23.2 Å². The predicted molar refractivity (Wildman–Crippen MR) is 163 cm³/mol. The minimum Gasteiger partial charge on any atom is -0.491 e. The Morgan fingerprint density at radius 3 is 1.96 bits per heavy atom. The Morgan fingerprint density at radius 2 is 1.34 bits per heavy atom. The molecule has 0 fully saturated rings. The fourth-order valence-electron chi connectivity index (χ4n) is 3.16. The molecule has 21 heteroatoms. The predicted octanol–water partition coefficient (Wildman–Crippen LogP) is 0.435. The molecule has 5 N–H and O–H groups in total. The van der Waals surface area contributed by atoms with Crippen LogP contribution < -0.4 is 20.1 Å². The number of anilines is 1. The van der Waals surface area contributed by atoms with Crippen molar-refractivity contribution in [3.8, 4) is 5.75 Å². The SMILES string of the molecule is O=C(O)CCOc1cc(Cl)c(S(=O)(=O)Nc2ncc(C(=O)NCCOCCOCC(=O)NCCOCCOCC(=O)O)cn2)cc1Cl. The van der Waals surface area contributed by atoms with Gasteiger partial charge in [-0.2, -0.15) is 0 Å². The number of carboxylic acid groups (broad SMARTS) is 2. The van der Waals surface area contributed by atoms with Gasteiger partial charge in [-0.1, -0.05) is 23.2 Å². The van der Waals surface area contributed by atoms with Gasteiger partial charge in [0.25, 0.3) is 15.9 Å². The highest BCUT2D eigenvalue weighted by Crippen LogP contribution is 2.34. The number of aromatic nitrogens is 2. The third-order valence-electron chi connectivity index (χ3n) is 5.29. The summed E-state index contributed by atoms with van der Waals surface area (Å²) in [6.45, 7) is 0.568. The van der Waals surface area contributed by atoms with Crippen LogP contribution in [0.15, 0.2) is 29.4 Å². The summed E-state index contributed by atoms with van der Waals surface area (Å²) in [4.78, 5) is 52.2. The van der Waals surface area contributed by atoms with Crippen molar-refractivity contribution >= 4 is 62.9 Å². The first kappa shape index (κ1) is 39.3. The average Bonchev–Trinajstić information content (AvgIpc) is 3.01. The van der Waals surface area contributed by atoms with E-state index in [9.17, 15) is 27.6 Å². The second-order valence-corrected chi connectivity index (χ2v) is 11.4. The molecule has 0 aliphatic rings. The van der Waals surface area contributed by atoms with E-state index in [1.165, 1.54) is 0 Å². The summed E-state index contributed by atoms with van der Waals surface area (Å²) < 4.78 is 53.5. The summed E-state index contributed by atoms with van der Waals surface area (Å²) in [6.07, 6.45) is 1.92. The van der Waals surface area contributed by atoms with E-state index in [0.29, 0.717) is 0 Å². The summed E-state index contributed by atoms with van der Waals surface area (Å²) >= 11 is 12.2. The van der Waals surface area contributed by atoms with Gasteiger partial charge in [-0.15, -0.1) is 0 Å². The molecule has 2 amide bonds. The van der Waals surface area contributed by atoms with Crippen LogP contribution in [0.1, 0.15) is 16.8 Å². The van der Waals surface area contributed by atoms with Gasteiger partial charge in [-0.05, 0) is 6.07 Å². The van der Waals surface area contributed by atoms with Crippen molar-refractivity contribution in [2.24, 2.45) is 0 Å². The maximum Gasteiger partial charge on any atom is 0.329 e. The van der Waals surface area contributed by atoms with Crippen molar-refractivity contribution in [3.63, 3.8) is 0 Å². The van der Waals surface area contributed by atoms with E-state index in [2.05, 4.69) is 25.3 Å². The van der Waals surface area contributed by atoms with E-state index in [1.807, 2.05) is 0 Å². The van der Waals surface area contributed by atoms with Crippen LogP contribution in [-0.2, 0) is 43.4 Å². The summed E-state index contributed by atoms with van der Waals surface area (Å²) in [6, 6.07) is 2.17. The Bertz CT molecular complexity index is 1450. The Balaban J connectivity index is 1.62. The molecule has 18 nitrogen and oxygen atoms in total. The minimum absolute atomic E-state index is 0.00251. The van der Waals surface area contributed by atoms with Crippen molar-refractivity contribution in [3.05, 3.63) is 40.1 Å². The van der Waals surface area contributed by atoms with Gasteiger partial charge < -0.3 is 44.5 Å². The lowest BCUT2D eigenvalue weighted by atomic mass is 10.3. The molecule has 0 unspecified atom stereocenters. The summed E-state index contributed by atoms with van der Waals surface area (Å²) in [7, 11) is -4.31. The Hall–Kier alpha value is -3.85. The topological polar surface area (TPSA) is 251 Å². The first-order valence-corrected chi connectivity index (χ1v) is 15.9. The van der Waals surface area contributed by atoms with Crippen LogP contribution in [0.2, 0.25) is 10.0 Å². The van der Waals surface area contributed by atoms with E-state index >= 15 is 0 Å². The van der Waals surface area contributed by atoms with E-state index in [-0.39, 0.29) is 106 Å². The lowest BCUT2D eigenvalue weighted by Gasteiger charge is -2.12. The molecule has 1 aromatic heterocycles. The second-order valence-electron chi connectivity index (χ2n) is 8.94. The molecule has 0 aliphatic heterocycles. The number of ether oxygens (including phenoxy) is 5. The molecule has 2 aromatic rings. The van der Waals surface area contributed by atoms with Gasteiger partial charge in [-0.25, -0.2) is 27.9 Å². The number of aliphatic carboxylic acids is 2. The van der Waals surface area contributed by atoms with Crippen LogP contribution in [-0.4, -0.2) is 125 Å². The molecule has 0 aliphatic carbocycles. The number of halogens is 2. The normalized spacial score (nSPS) is 11.1. The Morgan fingerprint density at radius 1 is 0.745 bits per heavy atom. The van der Waals surface area contributed by atoms with Gasteiger partial charge >= 0.3 is 11.9 Å². The molecule has 1 aromatic carbocycles. The molecule has 0 saturated carbocycles. The van der Waals surface area contributed by atoms with Gasteiger partial charge in [0.15, 0.2) is 0 Å². The zero-order valence-electron chi connectivity index (χ0n) is 24.7. The number of carbonyl (C=O) groups is 4. The van der Waals surface area contributed by atoms with E-state index < -0.39 is 39.4 Å². The van der Waals surface area contributed by atoms with Crippen LogP contribution in [0.4, 0.5) is 5.95 Å². The minimum atomic E-state index is -4.31. The number of sulfonamides is 1. The third-order valence-corrected chi connectivity index (χ3v) is 7.38. The monoisotopic (exact) mass is 725 g/mol. The molecule has 0 atom stereocenters. The van der Waals surface area contributed by atoms with Crippen molar-refractivity contribution in [1.29, 1.82) is 0 Å². The highest BCUT2D eigenvalue weighted by molar-refractivity contribution is 7.92. The molecular formula is C26H33Cl2N5O13S. The fraction of sp³-hybridized carbons (Fsp3) is 0.462. The van der Waals surface area contributed by atoms with Gasteiger partial charge in [0.1, 0.15) is 23.9 Å². The van der Waals surface area contributed by atoms with Gasteiger partial charge in [0.05, 0.1) is 68.3 Å². The number of nitrogens with zero attached hydrogens (tertiary/aromatic N) is 2. The lowest BCUT2D eigenvalue weighted by molar-refractivity contribution is -0.143. The molecule has 2 rings (SSSR count). The fourth-order valence-corrected chi connectivity index (χ4v) is 4.95. The highest BCUT2D eigenvalue weighted by atomic mass is 35.5. The Labute approximate surface area is 279 Å². The summed E-state index contributed by atoms with van der Waals surface area (Å²) in [5.74, 6) is -3.39. The van der Waals surface area contributed by atoms with Crippen molar-refractivity contribution in [2.75, 3.05) is 77.3 Å². The molecule has 1 heterocycles. The molecular weight excluding hydrogens is 693 g/mol. The summed E-state index contributed by atoms with van der Waals surface area (Å²) in [5, 5.41) is 21.9. The van der Waals surface area contributed by atoms with Crippen LogP contribution in [0.25, 0.3) is 0 Å². The highest BCUT2D eigenvalue weighted by Gasteiger charge is 2.22. The molecule has 0 bridgehead atoms. The number of rotatable bonds is 24. The van der Waals surface area contributed by atoms with Crippen molar-refractivity contribution < 1.29 is 61.5 Å². The largest absolute Gasteiger partial charge is 0.491 e. The number of nitrogens with one attached hydrogen (secondary N) is 3. The molecule has 0 saturated heterocycles. The zero-order valence-corrected chi connectivity index (χ0v) is 27.1. The smallest absolute Gasteiger partial charge is 0.329 e. The summed E-state index contributed by atoms with van der Waals surface area (Å²) in [5.41, 5.74) is 0.0446. The number of amides is 2. The number of hydrogen-bond acceptors (Lipinski definition) is 13. The molecule has 0 spiro atoms. The molecule has 0 radical (unpaired) electrons. The quantitative estimate of drug-likeness (QED) is 0.0921. The van der Waals surface area contributed by atoms with Crippen molar-refractivity contribution in [1.82, 2.24) is 20.6 Å². The maximum absolute atomic E-state index is 12.8. The van der Waals surface area contributed by atoms with E-state index in [4.69, 9.17) is 57.1 Å². The first-order valence-electron chi connectivity index (χ1n) is 13.6. The lowest BCUT2D eigenvalue weighted by Crippen LogP contribution is -2.31. The van der Waals surface area contributed by atoms with Gasteiger partial charge in [-0.3, -0.25) is 14.4 Å². The second kappa shape index (κ2) is 21.1. The Kier molecular flexibility index (Phi) is 17.7. The van der Waals surface area contributed by atoms with Crippen LogP contribution in [0, 0.1) is 0 Å². The zero-order chi connectivity index (χ0) is 34.7. The van der Waals surface area contributed by atoms with Crippen molar-refractivity contribution in [2.45, 2.75) is 11.3 Å². The molecule has 260 valence electrons. The number of hydrogen-bond donors (Lipinski definition) is 5. The van der Waals surface area contributed by atoms with Gasteiger partial charge in [0.2, 0.25) is 11.9 Å². The van der Waals surface area contributed by atoms with Crippen LogP contribution in [0.5, 0.6) is 5.75 Å². The van der Waals surface area contributed by atoms with Crippen LogP contribution in [0.3, 0.4) is 0 Å². The standard InChI is InChI=1S/C26H33Cl2N5O13S/c27-18-12-21(19(28)11-20(18)46-4-1-23(35)36)47(40,41)33-26-31-13-17(14-32-26)25(39)30-3-6-43-7-9-44-15-22(34)29-2-5-42-8-10-45-16-24(37)38/h11-14H,1-10,15-16H2,(H,29,34)(H,30,39)(H,35,36)(H,37,38)(H,31,32,33). The molecule has 47 heavy (non-hydrogen) atoms. The number of carbonyl (C=O) groups excluding carboxylic acids is 2. The van der Waals surface area contributed by atoms with Gasteiger partial charge in [0, 0.05) is 31.5 Å². The average molecular weight is 727 g/mol. The van der Waals surface area contributed by atoms with E-state index in [0.717, 1.165) is 24.5 Å². The number of benzene rings is 1. The van der Waals surface area contributed by atoms with E-state index in [1.54, 1.807) is 0 Å².